The first-order chi connectivity index (χ1) is 14.9. The molecular formula is C21H22N6O4. The van der Waals surface area contributed by atoms with Gasteiger partial charge in [-0.15, -0.1) is 0 Å². The van der Waals surface area contributed by atoms with Crippen molar-refractivity contribution in [3.63, 3.8) is 0 Å². The lowest BCUT2D eigenvalue weighted by molar-refractivity contribution is -0.384. The molecule has 0 N–H and O–H groups in total. The Bertz CT molecular complexity index is 1040. The van der Waals surface area contributed by atoms with Crippen molar-refractivity contribution >= 4 is 29.0 Å². The molecule has 2 aliphatic heterocycles. The number of amides is 2. The Morgan fingerprint density at radius 3 is 2.06 bits per heavy atom. The number of hydrogen-bond acceptors (Lipinski definition) is 8. The SMILES string of the molecule is CC(C)N1C(=O)C(c2ccc([N+](=O)[O-])cc2)=C(N2CCN(c3ncccn3)CC2)C1=O. The van der Waals surface area contributed by atoms with Crippen molar-refractivity contribution in [1.82, 2.24) is 19.8 Å². The number of nitro groups is 1. The van der Waals surface area contributed by atoms with E-state index in [-0.39, 0.29) is 29.1 Å². The molecule has 4 rings (SSSR count). The summed E-state index contributed by atoms with van der Waals surface area (Å²) in [5.41, 5.74) is 1.06. The molecule has 0 unspecified atom stereocenters. The second-order valence-corrected chi connectivity index (χ2v) is 7.62. The maximum atomic E-state index is 13.2. The first kappa shape index (κ1) is 20.5. The maximum Gasteiger partial charge on any atom is 0.278 e. The second-order valence-electron chi connectivity index (χ2n) is 7.62. The standard InChI is InChI=1S/C21H22N6O4/c1-14(2)26-19(28)17(15-4-6-16(7-5-15)27(30)31)18(20(26)29)24-10-12-25(13-11-24)21-22-8-3-9-23-21/h3-9,14H,10-13H2,1-2H3. The molecule has 1 aromatic carbocycles. The number of rotatable bonds is 5. The first-order valence-corrected chi connectivity index (χ1v) is 10.0. The fourth-order valence-corrected chi connectivity index (χ4v) is 3.89. The molecule has 0 bridgehead atoms. The van der Waals surface area contributed by atoms with Gasteiger partial charge in [0.15, 0.2) is 0 Å². The van der Waals surface area contributed by atoms with Crippen molar-refractivity contribution in [2.45, 2.75) is 19.9 Å². The first-order valence-electron chi connectivity index (χ1n) is 10.0. The van der Waals surface area contributed by atoms with Gasteiger partial charge in [0, 0.05) is 56.7 Å². The number of piperazine rings is 1. The van der Waals surface area contributed by atoms with E-state index in [0.717, 1.165) is 0 Å². The summed E-state index contributed by atoms with van der Waals surface area (Å²) in [4.78, 5) is 50.6. The summed E-state index contributed by atoms with van der Waals surface area (Å²) >= 11 is 0. The quantitative estimate of drug-likeness (QED) is 0.406. The summed E-state index contributed by atoms with van der Waals surface area (Å²) in [6.45, 7) is 5.83. The Labute approximate surface area is 178 Å². The number of nitrogens with zero attached hydrogens (tertiary/aromatic N) is 6. The molecule has 1 aromatic heterocycles. The summed E-state index contributed by atoms with van der Waals surface area (Å²) in [7, 11) is 0. The van der Waals surface area contributed by atoms with Gasteiger partial charge in [0.1, 0.15) is 5.70 Å². The van der Waals surface area contributed by atoms with Gasteiger partial charge >= 0.3 is 0 Å². The predicted molar refractivity (Wildman–Crippen MR) is 113 cm³/mol. The largest absolute Gasteiger partial charge is 0.363 e. The van der Waals surface area contributed by atoms with Crippen molar-refractivity contribution in [3.05, 3.63) is 64.1 Å². The third-order valence-corrected chi connectivity index (χ3v) is 5.40. The van der Waals surface area contributed by atoms with E-state index in [4.69, 9.17) is 0 Å². The van der Waals surface area contributed by atoms with Crippen molar-refractivity contribution in [1.29, 1.82) is 0 Å². The fraction of sp³-hybridized carbons (Fsp3) is 0.333. The van der Waals surface area contributed by atoms with Crippen molar-refractivity contribution in [2.24, 2.45) is 0 Å². The molecule has 2 aromatic rings. The lowest BCUT2D eigenvalue weighted by Gasteiger charge is -2.36. The van der Waals surface area contributed by atoms with Gasteiger partial charge in [-0.2, -0.15) is 0 Å². The van der Waals surface area contributed by atoms with E-state index in [2.05, 4.69) is 9.97 Å². The Hall–Kier alpha value is -3.82. The van der Waals surface area contributed by atoms with Crippen molar-refractivity contribution < 1.29 is 14.5 Å². The van der Waals surface area contributed by atoms with E-state index in [0.29, 0.717) is 43.4 Å². The van der Waals surface area contributed by atoms with E-state index in [9.17, 15) is 19.7 Å². The number of carbonyl (C=O) groups excluding carboxylic acids is 2. The van der Waals surface area contributed by atoms with E-state index in [1.165, 1.54) is 29.2 Å². The highest BCUT2D eigenvalue weighted by Crippen LogP contribution is 2.34. The lowest BCUT2D eigenvalue weighted by Crippen LogP contribution is -2.48. The van der Waals surface area contributed by atoms with E-state index < -0.39 is 4.92 Å². The molecule has 10 heteroatoms. The molecule has 0 saturated carbocycles. The number of hydrogen-bond donors (Lipinski definition) is 0. The van der Waals surface area contributed by atoms with Crippen LogP contribution in [0.25, 0.3) is 5.57 Å². The molecule has 160 valence electrons. The molecule has 0 atom stereocenters. The maximum absolute atomic E-state index is 13.2. The molecule has 2 aliphatic rings. The van der Waals surface area contributed by atoms with Gasteiger partial charge in [-0.05, 0) is 37.6 Å². The van der Waals surface area contributed by atoms with Crippen LogP contribution in [0.5, 0.6) is 0 Å². The molecule has 0 aliphatic carbocycles. The fourth-order valence-electron chi connectivity index (χ4n) is 3.89. The summed E-state index contributed by atoms with van der Waals surface area (Å²) in [5, 5.41) is 11.0. The van der Waals surface area contributed by atoms with Gasteiger partial charge in [0.2, 0.25) is 5.95 Å². The van der Waals surface area contributed by atoms with E-state index in [1.54, 1.807) is 32.3 Å². The van der Waals surface area contributed by atoms with Crippen LogP contribution in [0, 0.1) is 10.1 Å². The monoisotopic (exact) mass is 422 g/mol. The molecular weight excluding hydrogens is 400 g/mol. The zero-order valence-corrected chi connectivity index (χ0v) is 17.3. The van der Waals surface area contributed by atoms with Crippen LogP contribution in [0.1, 0.15) is 19.4 Å². The van der Waals surface area contributed by atoms with E-state index >= 15 is 0 Å². The minimum absolute atomic E-state index is 0.0696. The van der Waals surface area contributed by atoms with Crippen LogP contribution in [0.3, 0.4) is 0 Å². The minimum atomic E-state index is -0.494. The molecule has 0 radical (unpaired) electrons. The minimum Gasteiger partial charge on any atom is -0.363 e. The number of carbonyl (C=O) groups is 2. The van der Waals surface area contributed by atoms with Crippen molar-refractivity contribution in [3.8, 4) is 0 Å². The molecule has 1 saturated heterocycles. The Kier molecular flexibility index (Phi) is 5.37. The van der Waals surface area contributed by atoms with Crippen LogP contribution < -0.4 is 4.90 Å². The molecule has 3 heterocycles. The van der Waals surface area contributed by atoms with Gasteiger partial charge < -0.3 is 9.80 Å². The average Bonchev–Trinajstić information content (AvgIpc) is 3.04. The van der Waals surface area contributed by atoms with E-state index in [1.807, 2.05) is 9.80 Å². The number of aromatic nitrogens is 2. The average molecular weight is 422 g/mol. The second kappa shape index (κ2) is 8.13. The third-order valence-electron chi connectivity index (χ3n) is 5.40. The Balaban J connectivity index is 1.66. The molecule has 0 spiro atoms. The lowest BCUT2D eigenvalue weighted by atomic mass is 10.0. The van der Waals surface area contributed by atoms with Gasteiger partial charge in [-0.3, -0.25) is 24.6 Å². The summed E-state index contributed by atoms with van der Waals surface area (Å²) in [5.74, 6) is -0.0835. The molecule has 10 nitrogen and oxygen atoms in total. The van der Waals surface area contributed by atoms with Crippen LogP contribution in [0.4, 0.5) is 11.6 Å². The topological polar surface area (TPSA) is 113 Å². The molecule has 2 amide bonds. The van der Waals surface area contributed by atoms with Gasteiger partial charge in [-0.25, -0.2) is 9.97 Å². The number of anilines is 1. The highest BCUT2D eigenvalue weighted by atomic mass is 16.6. The summed E-state index contributed by atoms with van der Waals surface area (Å²) in [6.07, 6.45) is 3.37. The zero-order chi connectivity index (χ0) is 22.1. The summed E-state index contributed by atoms with van der Waals surface area (Å²) in [6, 6.07) is 7.20. The van der Waals surface area contributed by atoms with Gasteiger partial charge in [-0.1, -0.05) is 0 Å². The van der Waals surface area contributed by atoms with Gasteiger partial charge in [0.05, 0.1) is 10.5 Å². The van der Waals surface area contributed by atoms with Crippen molar-refractivity contribution in [2.75, 3.05) is 31.1 Å². The number of imide groups is 1. The van der Waals surface area contributed by atoms with Gasteiger partial charge in [0.25, 0.3) is 17.5 Å². The zero-order valence-electron chi connectivity index (χ0n) is 17.3. The molecule has 31 heavy (non-hydrogen) atoms. The highest BCUT2D eigenvalue weighted by Gasteiger charge is 2.43. The van der Waals surface area contributed by atoms with Crippen LogP contribution in [-0.4, -0.2) is 68.7 Å². The smallest absolute Gasteiger partial charge is 0.278 e. The number of benzene rings is 1. The van der Waals surface area contributed by atoms with Crippen LogP contribution in [0.15, 0.2) is 48.4 Å². The Morgan fingerprint density at radius 2 is 1.52 bits per heavy atom. The highest BCUT2D eigenvalue weighted by molar-refractivity contribution is 6.35. The number of nitro benzene ring substituents is 1. The third kappa shape index (κ3) is 3.72. The normalized spacial score (nSPS) is 17.2. The molecule has 1 fully saturated rings. The predicted octanol–water partition coefficient (Wildman–Crippen LogP) is 1.70. The summed E-state index contributed by atoms with van der Waals surface area (Å²) < 4.78 is 0. The number of non-ortho nitro benzene ring substituents is 1. The van der Waals surface area contributed by atoms with Crippen LogP contribution in [-0.2, 0) is 9.59 Å². The Morgan fingerprint density at radius 1 is 0.935 bits per heavy atom. The van der Waals surface area contributed by atoms with Crippen LogP contribution >= 0.6 is 0 Å². The van der Waals surface area contributed by atoms with Crippen LogP contribution in [0.2, 0.25) is 0 Å².